The van der Waals surface area contributed by atoms with E-state index in [2.05, 4.69) is 93.7 Å². The second-order valence-electron chi connectivity index (χ2n) is 20.2. The molecule has 0 heterocycles. The molecule has 0 spiro atoms. The third-order valence-corrected chi connectivity index (χ3v) is 13.2. The van der Waals surface area contributed by atoms with Crippen molar-refractivity contribution in [3.63, 3.8) is 0 Å². The van der Waals surface area contributed by atoms with Crippen LogP contribution in [0.5, 0.6) is 0 Å². The molecule has 0 bridgehead atoms. The minimum atomic E-state index is -0.805. The van der Waals surface area contributed by atoms with Crippen LogP contribution in [-0.2, 0) is 28.6 Å². The summed E-state index contributed by atoms with van der Waals surface area (Å²) in [5.41, 5.74) is 0. The van der Waals surface area contributed by atoms with Gasteiger partial charge in [0.1, 0.15) is 13.2 Å². The Bertz CT molecular complexity index is 1320. The Kier molecular flexibility index (Phi) is 56.8. The van der Waals surface area contributed by atoms with Crippen molar-refractivity contribution in [3.05, 3.63) is 72.9 Å². The Morgan fingerprint density at radius 3 is 0.915 bits per heavy atom. The van der Waals surface area contributed by atoms with E-state index in [1.165, 1.54) is 180 Å². The highest BCUT2D eigenvalue weighted by Crippen LogP contribution is 2.16. The van der Waals surface area contributed by atoms with Crippen LogP contribution in [0, 0.1) is 0 Å². The van der Waals surface area contributed by atoms with E-state index in [1.54, 1.807) is 0 Å². The van der Waals surface area contributed by atoms with Crippen LogP contribution >= 0.6 is 0 Å². The summed E-state index contributed by atoms with van der Waals surface area (Å²) in [4.78, 5) is 38.2. The third-order valence-electron chi connectivity index (χ3n) is 13.2. The molecule has 71 heavy (non-hydrogen) atoms. The van der Waals surface area contributed by atoms with Crippen LogP contribution in [0.1, 0.15) is 303 Å². The van der Waals surface area contributed by atoms with E-state index in [0.717, 1.165) is 77.0 Å². The highest BCUT2D eigenvalue weighted by Gasteiger charge is 2.19. The first kappa shape index (κ1) is 67.8. The van der Waals surface area contributed by atoms with Gasteiger partial charge in [-0.3, -0.25) is 14.4 Å². The van der Waals surface area contributed by atoms with Crippen LogP contribution in [-0.4, -0.2) is 37.2 Å². The fourth-order valence-electron chi connectivity index (χ4n) is 8.65. The van der Waals surface area contributed by atoms with E-state index in [9.17, 15) is 14.4 Å². The zero-order valence-electron chi connectivity index (χ0n) is 47.0. The van der Waals surface area contributed by atoms with Crippen LogP contribution in [0.15, 0.2) is 72.9 Å². The number of esters is 3. The van der Waals surface area contributed by atoms with E-state index >= 15 is 0 Å². The van der Waals surface area contributed by atoms with Crippen LogP contribution in [0.4, 0.5) is 0 Å². The van der Waals surface area contributed by atoms with Crippen LogP contribution in [0.25, 0.3) is 0 Å². The average Bonchev–Trinajstić information content (AvgIpc) is 3.37. The number of unbranched alkanes of at least 4 members (excludes halogenated alkanes) is 32. The van der Waals surface area contributed by atoms with E-state index in [0.29, 0.717) is 19.3 Å². The molecule has 6 nitrogen and oxygen atoms in total. The van der Waals surface area contributed by atoms with Gasteiger partial charge in [-0.1, -0.05) is 273 Å². The number of ether oxygens (including phenoxy) is 3. The normalized spacial score (nSPS) is 12.5. The molecule has 0 aliphatic rings. The first-order chi connectivity index (χ1) is 35.0. The highest BCUT2D eigenvalue weighted by atomic mass is 16.6. The van der Waals surface area contributed by atoms with Crippen molar-refractivity contribution in [1.29, 1.82) is 0 Å². The number of allylic oxidation sites excluding steroid dienone is 12. The minimum absolute atomic E-state index is 0.0957. The molecular formula is C65H114O6. The summed E-state index contributed by atoms with van der Waals surface area (Å²) >= 11 is 0. The predicted molar refractivity (Wildman–Crippen MR) is 307 cm³/mol. The maximum absolute atomic E-state index is 12.9. The number of rotatable bonds is 55. The van der Waals surface area contributed by atoms with E-state index in [4.69, 9.17) is 14.2 Å². The summed E-state index contributed by atoms with van der Waals surface area (Å²) in [7, 11) is 0. The summed E-state index contributed by atoms with van der Waals surface area (Å²) in [6.45, 7) is 6.51. The smallest absolute Gasteiger partial charge is 0.306 e. The zero-order chi connectivity index (χ0) is 51.4. The first-order valence-corrected chi connectivity index (χ1v) is 30.4. The summed E-state index contributed by atoms with van der Waals surface area (Å²) in [6.07, 6.45) is 76.2. The molecule has 0 fully saturated rings. The van der Waals surface area contributed by atoms with Crippen molar-refractivity contribution in [2.75, 3.05) is 13.2 Å². The molecule has 0 radical (unpaired) electrons. The SMILES string of the molecule is CC/C=C/C/C=C/C/C=C/C/C=C/C/C=C/CCCC(=O)O[C@@H](COC(=O)CCCCCCCCCCC/C=C/CCCCCCCC)COC(=O)CCCCCCCCCCCCCCCCCCC. The van der Waals surface area contributed by atoms with Gasteiger partial charge in [-0.25, -0.2) is 0 Å². The minimum Gasteiger partial charge on any atom is -0.462 e. The maximum atomic E-state index is 12.9. The molecular weight excluding hydrogens is 877 g/mol. The fourth-order valence-corrected chi connectivity index (χ4v) is 8.65. The Morgan fingerprint density at radius 1 is 0.296 bits per heavy atom. The molecule has 0 aromatic rings. The molecule has 0 amide bonds. The lowest BCUT2D eigenvalue weighted by Gasteiger charge is -2.18. The average molecular weight is 992 g/mol. The molecule has 0 aromatic carbocycles. The molecule has 0 rings (SSSR count). The lowest BCUT2D eigenvalue weighted by Crippen LogP contribution is -2.30. The van der Waals surface area contributed by atoms with Crippen molar-refractivity contribution in [3.8, 4) is 0 Å². The second-order valence-corrected chi connectivity index (χ2v) is 20.2. The predicted octanol–water partition coefficient (Wildman–Crippen LogP) is 20.5. The van der Waals surface area contributed by atoms with Gasteiger partial charge < -0.3 is 14.2 Å². The van der Waals surface area contributed by atoms with Crippen molar-refractivity contribution in [1.82, 2.24) is 0 Å². The molecule has 0 unspecified atom stereocenters. The molecule has 0 aliphatic heterocycles. The quantitative estimate of drug-likeness (QED) is 0.0261. The van der Waals surface area contributed by atoms with Gasteiger partial charge in [-0.2, -0.15) is 0 Å². The summed E-state index contributed by atoms with van der Waals surface area (Å²) < 4.78 is 16.9. The zero-order valence-corrected chi connectivity index (χ0v) is 47.0. The molecule has 6 heteroatoms. The molecule has 1 atom stereocenters. The van der Waals surface area contributed by atoms with Crippen molar-refractivity contribution in [2.45, 2.75) is 309 Å². The van der Waals surface area contributed by atoms with Crippen LogP contribution in [0.3, 0.4) is 0 Å². The Labute approximate surface area is 440 Å². The van der Waals surface area contributed by atoms with Gasteiger partial charge in [0.2, 0.25) is 0 Å². The maximum Gasteiger partial charge on any atom is 0.306 e. The molecule has 410 valence electrons. The molecule has 0 aliphatic carbocycles. The molecule has 0 aromatic heterocycles. The van der Waals surface area contributed by atoms with Crippen LogP contribution < -0.4 is 0 Å². The lowest BCUT2D eigenvalue weighted by molar-refractivity contribution is -0.167. The summed E-state index contributed by atoms with van der Waals surface area (Å²) in [5.74, 6) is -0.943. The van der Waals surface area contributed by atoms with Gasteiger partial charge >= 0.3 is 17.9 Å². The first-order valence-electron chi connectivity index (χ1n) is 30.4. The monoisotopic (exact) mass is 991 g/mol. The van der Waals surface area contributed by atoms with Gasteiger partial charge in [0.15, 0.2) is 6.10 Å². The van der Waals surface area contributed by atoms with Crippen LogP contribution in [0.2, 0.25) is 0 Å². The summed E-state index contributed by atoms with van der Waals surface area (Å²) in [6, 6.07) is 0. The van der Waals surface area contributed by atoms with Crippen molar-refractivity contribution >= 4 is 17.9 Å². The fraction of sp³-hybridized carbons (Fsp3) is 0.769. The Balaban J connectivity index is 4.43. The van der Waals surface area contributed by atoms with E-state index in [-0.39, 0.29) is 37.5 Å². The van der Waals surface area contributed by atoms with Gasteiger partial charge in [0.25, 0.3) is 0 Å². The van der Waals surface area contributed by atoms with Gasteiger partial charge in [0, 0.05) is 19.3 Å². The largest absolute Gasteiger partial charge is 0.462 e. The topological polar surface area (TPSA) is 78.9 Å². The van der Waals surface area contributed by atoms with Gasteiger partial charge in [-0.15, -0.1) is 0 Å². The number of carbonyl (C=O) groups is 3. The van der Waals surface area contributed by atoms with Gasteiger partial charge in [0.05, 0.1) is 0 Å². The lowest BCUT2D eigenvalue weighted by atomic mass is 10.0. The highest BCUT2D eigenvalue weighted by molar-refractivity contribution is 5.71. The molecule has 0 saturated carbocycles. The summed E-state index contributed by atoms with van der Waals surface area (Å²) in [5, 5.41) is 0. The third kappa shape index (κ3) is 57.6. The standard InChI is InChI=1S/C65H114O6/c1-4-7-10-13-16-19-22-25-28-31-32-35-37-40-43-46-49-52-55-58-64(67)70-61-62(71-65(68)59-56-53-50-47-44-41-38-34-30-27-24-21-18-15-12-9-6-3)60-69-63(66)57-54-51-48-45-42-39-36-33-29-26-23-20-17-14-11-8-5-2/h9,12,18,21,25,27-28,30,38,41,47,50,62H,4-8,10-11,13-17,19-20,22-24,26,29,31-37,39-40,42-46,48-49,51-61H2,1-3H3/b12-9+,21-18+,28-25+,30-27+,41-38+,50-47+/t62-/m1/s1. The number of hydrogen-bond acceptors (Lipinski definition) is 6. The van der Waals surface area contributed by atoms with E-state index < -0.39 is 6.10 Å². The Morgan fingerprint density at radius 2 is 0.563 bits per heavy atom. The molecule has 0 N–H and O–H groups in total. The number of hydrogen-bond donors (Lipinski definition) is 0. The van der Waals surface area contributed by atoms with Gasteiger partial charge in [-0.05, 0) is 83.5 Å². The second kappa shape index (κ2) is 59.4. The van der Waals surface area contributed by atoms with Crippen molar-refractivity contribution < 1.29 is 28.6 Å². The molecule has 0 saturated heterocycles. The van der Waals surface area contributed by atoms with Crippen molar-refractivity contribution in [2.24, 2.45) is 0 Å². The van der Waals surface area contributed by atoms with E-state index in [1.807, 2.05) is 0 Å². The Hall–Kier alpha value is -3.15. The number of carbonyl (C=O) groups excluding carboxylic acids is 3.